The molecule has 0 aromatic rings. The zero-order valence-electron chi connectivity index (χ0n) is 16.1. The number of carboxylic acids is 6. The van der Waals surface area contributed by atoms with Crippen LogP contribution in [0.4, 0.5) is 0 Å². The van der Waals surface area contributed by atoms with Crippen LogP contribution >= 0.6 is 0 Å². The molecule has 0 unspecified atom stereocenters. The van der Waals surface area contributed by atoms with Gasteiger partial charge in [-0.15, -0.1) is 0 Å². The fourth-order valence-electron chi connectivity index (χ4n) is 0.285. The molecule has 0 heterocycles. The van der Waals surface area contributed by atoms with Gasteiger partial charge in [0.25, 0.3) is 0 Å². The number of carboxylic acid groups (broad SMARTS) is 6. The third-order valence-electron chi connectivity index (χ3n) is 1.28. The van der Waals surface area contributed by atoms with Gasteiger partial charge in [-0.25, -0.2) is 28.8 Å². The Morgan fingerprint density at radius 1 is 0.567 bits per heavy atom. The summed E-state index contributed by atoms with van der Waals surface area (Å²) < 4.78 is 0. The first-order valence-corrected chi connectivity index (χ1v) is 6.19. The van der Waals surface area contributed by atoms with Crippen molar-refractivity contribution in [1.82, 2.24) is 0 Å². The molecule has 0 fully saturated rings. The normalized spacial score (nSPS) is 7.63. The van der Waals surface area contributed by atoms with E-state index >= 15 is 0 Å². The van der Waals surface area contributed by atoms with Crippen LogP contribution in [0.3, 0.4) is 0 Å². The maximum Gasteiger partial charge on any atom is 0.330 e. The first kappa shape index (κ1) is 46.1. The Morgan fingerprint density at radius 3 is 0.733 bits per heavy atom. The largest absolute Gasteiger partial charge is 0.478 e. The fraction of sp³-hybridized carbons (Fsp3) is 0.0667. The minimum absolute atomic E-state index is 0. The van der Waals surface area contributed by atoms with E-state index in [0.29, 0.717) is 24.3 Å². The van der Waals surface area contributed by atoms with Crippen molar-refractivity contribution >= 4 is 35.8 Å². The Labute approximate surface area is 208 Å². The van der Waals surface area contributed by atoms with Crippen LogP contribution < -0.4 is 0 Å². The second-order valence-electron chi connectivity index (χ2n) is 3.65. The van der Waals surface area contributed by atoms with Crippen molar-refractivity contribution in [2.45, 2.75) is 6.92 Å². The molecule has 0 aliphatic carbocycles. The van der Waals surface area contributed by atoms with Gasteiger partial charge in [-0.1, -0.05) is 13.2 Å². The van der Waals surface area contributed by atoms with Crippen molar-refractivity contribution in [2.24, 2.45) is 0 Å². The third kappa shape index (κ3) is 83.6. The quantitative estimate of drug-likeness (QED) is 0.183. The number of aliphatic carboxylic acids is 6. The standard InChI is InChI=1S/2C4H4O4.C4H6O2.C3H4O2.3Zn/c2*5-3(6)1-2-4(7)8;1-3(2)4(5)6;1-2-3(4)5;;;/h2*1-2H,(H,5,6)(H,7,8);1H2,2H3,(H,5,6);2H,1H2,(H,4,5);;;. The first-order valence-electron chi connectivity index (χ1n) is 6.19. The van der Waals surface area contributed by atoms with E-state index in [0.717, 1.165) is 6.08 Å². The molecule has 0 saturated carbocycles. The number of rotatable bonds is 6. The summed E-state index contributed by atoms with van der Waals surface area (Å²) in [5, 5.41) is 46.7. The maximum absolute atomic E-state index is 9.60. The van der Waals surface area contributed by atoms with Crippen molar-refractivity contribution < 1.29 is 118 Å². The molecule has 12 nitrogen and oxygen atoms in total. The van der Waals surface area contributed by atoms with E-state index in [-0.39, 0.29) is 64.0 Å². The van der Waals surface area contributed by atoms with Crippen LogP contribution in [-0.4, -0.2) is 66.5 Å². The molecule has 0 aliphatic rings. The van der Waals surface area contributed by atoms with Gasteiger partial charge in [-0.3, -0.25) is 0 Å². The SMILES string of the molecule is C=C(C)C(=O)O.C=CC(=O)O.O=C(O)C=CC(=O)O.O=C(O)C=CC(=O)O.[Zn].[Zn].[Zn]. The molecule has 6 N–H and O–H groups in total. The van der Waals surface area contributed by atoms with Gasteiger partial charge in [0.05, 0.1) is 0 Å². The predicted molar refractivity (Wildman–Crippen MR) is 89.1 cm³/mol. The van der Waals surface area contributed by atoms with E-state index in [9.17, 15) is 28.8 Å². The van der Waals surface area contributed by atoms with E-state index in [1.807, 2.05) is 0 Å². The Morgan fingerprint density at radius 2 is 0.700 bits per heavy atom. The molecule has 156 valence electrons. The zero-order valence-corrected chi connectivity index (χ0v) is 25.0. The summed E-state index contributed by atoms with van der Waals surface area (Å²) in [6.45, 7) is 7.56. The van der Waals surface area contributed by atoms with Gasteiger partial charge in [0.1, 0.15) is 0 Å². The summed E-state index contributed by atoms with van der Waals surface area (Å²) in [5.41, 5.74) is 0.176. The van der Waals surface area contributed by atoms with Crippen LogP contribution in [0.5, 0.6) is 0 Å². The van der Waals surface area contributed by atoms with Gasteiger partial charge < -0.3 is 30.6 Å². The van der Waals surface area contributed by atoms with E-state index in [1.54, 1.807) is 0 Å². The topological polar surface area (TPSA) is 224 Å². The summed E-state index contributed by atoms with van der Waals surface area (Å²) in [6.07, 6.45) is 3.06. The van der Waals surface area contributed by atoms with Crippen molar-refractivity contribution in [3.63, 3.8) is 0 Å². The van der Waals surface area contributed by atoms with Crippen molar-refractivity contribution in [3.8, 4) is 0 Å². The number of hydrogen-bond donors (Lipinski definition) is 6. The monoisotopic (exact) mass is 582 g/mol. The van der Waals surface area contributed by atoms with Gasteiger partial charge in [-0.2, -0.15) is 0 Å². The summed E-state index contributed by atoms with van der Waals surface area (Å²) in [4.78, 5) is 57.1. The van der Waals surface area contributed by atoms with Gasteiger partial charge in [0.2, 0.25) is 0 Å². The first-order chi connectivity index (χ1) is 12.2. The molecule has 0 bridgehead atoms. The van der Waals surface area contributed by atoms with E-state index in [1.165, 1.54) is 6.92 Å². The van der Waals surface area contributed by atoms with Gasteiger partial charge >= 0.3 is 35.8 Å². The van der Waals surface area contributed by atoms with Gasteiger partial charge in [0, 0.05) is 94.4 Å². The molecule has 0 aliphatic heterocycles. The molecule has 15 heteroatoms. The maximum atomic E-state index is 9.60. The van der Waals surface area contributed by atoms with E-state index < -0.39 is 35.8 Å². The van der Waals surface area contributed by atoms with Crippen molar-refractivity contribution in [2.75, 3.05) is 0 Å². The molecular formula is C15H18O12Zn3. The molecular weight excluding hydrogens is 568 g/mol. The Bertz CT molecular complexity index is 561. The number of hydrogen-bond acceptors (Lipinski definition) is 6. The molecule has 0 spiro atoms. The molecule has 0 amide bonds. The zero-order chi connectivity index (χ0) is 22.6. The minimum atomic E-state index is -1.26. The minimum Gasteiger partial charge on any atom is -0.478 e. The molecule has 0 rings (SSSR count). The van der Waals surface area contributed by atoms with Crippen LogP contribution in [0.1, 0.15) is 6.92 Å². The molecule has 0 aromatic heterocycles. The summed E-state index contributed by atoms with van der Waals surface area (Å²) >= 11 is 0. The fourth-order valence-corrected chi connectivity index (χ4v) is 0.285. The van der Waals surface area contributed by atoms with E-state index in [2.05, 4.69) is 13.2 Å². The Kier molecular flexibility index (Phi) is 48.1. The smallest absolute Gasteiger partial charge is 0.330 e. The summed E-state index contributed by atoms with van der Waals surface area (Å²) in [6, 6.07) is 0. The summed E-state index contributed by atoms with van der Waals surface area (Å²) in [7, 11) is 0. The average molecular weight is 586 g/mol. The molecule has 0 aromatic carbocycles. The Hall–Kier alpha value is -2.35. The summed E-state index contributed by atoms with van der Waals surface area (Å²) in [5.74, 6) is -6.94. The molecule has 0 atom stereocenters. The van der Waals surface area contributed by atoms with Crippen LogP contribution in [-0.2, 0) is 87.2 Å². The van der Waals surface area contributed by atoms with Crippen molar-refractivity contribution in [3.05, 3.63) is 49.1 Å². The predicted octanol–water partition coefficient (Wildman–Crippen LogP) is 0.320. The van der Waals surface area contributed by atoms with Crippen molar-refractivity contribution in [1.29, 1.82) is 0 Å². The Balaban J connectivity index is -0.0000000462. The van der Waals surface area contributed by atoms with Crippen LogP contribution in [0, 0.1) is 0 Å². The number of carbonyl (C=O) groups is 6. The molecule has 30 heavy (non-hydrogen) atoms. The average Bonchev–Trinajstić information content (AvgIpc) is 2.52. The van der Waals surface area contributed by atoms with Crippen LogP contribution in [0.25, 0.3) is 0 Å². The second kappa shape index (κ2) is 31.3. The van der Waals surface area contributed by atoms with Crippen LogP contribution in [0.2, 0.25) is 0 Å². The van der Waals surface area contributed by atoms with Crippen LogP contribution in [0.15, 0.2) is 49.1 Å². The van der Waals surface area contributed by atoms with Gasteiger partial charge in [-0.05, 0) is 6.92 Å². The van der Waals surface area contributed by atoms with Gasteiger partial charge in [0.15, 0.2) is 0 Å². The third-order valence-corrected chi connectivity index (χ3v) is 1.28. The molecule has 0 saturated heterocycles. The van der Waals surface area contributed by atoms with E-state index in [4.69, 9.17) is 30.6 Å². The second-order valence-corrected chi connectivity index (χ2v) is 3.65. The molecule has 0 radical (unpaired) electrons.